The van der Waals surface area contributed by atoms with E-state index in [-0.39, 0.29) is 11.9 Å². The molecule has 0 aromatic carbocycles. The molecular weight excluding hydrogens is 209 g/mol. The molecule has 2 rings (SSSR count). The number of hydrogen-bond donors (Lipinski definition) is 2. The van der Waals surface area contributed by atoms with Gasteiger partial charge in [0.15, 0.2) is 0 Å². The zero-order chi connectivity index (χ0) is 11.4. The predicted octanol–water partition coefficient (Wildman–Crippen LogP) is 1.19. The Morgan fingerprint density at radius 3 is 2.94 bits per heavy atom. The van der Waals surface area contributed by atoms with Crippen molar-refractivity contribution in [3.63, 3.8) is 0 Å². The molecule has 2 aromatic heterocycles. The van der Waals surface area contributed by atoms with E-state index in [9.17, 15) is 4.39 Å². The molecule has 2 heterocycles. The SMILES string of the molecule is CC(NCc1ncn[nH]1)c1ccc(F)cn1. The number of halogens is 1. The zero-order valence-corrected chi connectivity index (χ0v) is 8.81. The molecule has 16 heavy (non-hydrogen) atoms. The Hall–Kier alpha value is -1.82. The summed E-state index contributed by atoms with van der Waals surface area (Å²) in [5.74, 6) is 0.431. The largest absolute Gasteiger partial charge is 0.302 e. The van der Waals surface area contributed by atoms with E-state index in [0.29, 0.717) is 6.54 Å². The van der Waals surface area contributed by atoms with E-state index >= 15 is 0 Å². The van der Waals surface area contributed by atoms with Gasteiger partial charge >= 0.3 is 0 Å². The van der Waals surface area contributed by atoms with Crippen LogP contribution >= 0.6 is 0 Å². The van der Waals surface area contributed by atoms with Crippen LogP contribution in [0.2, 0.25) is 0 Å². The lowest BCUT2D eigenvalue weighted by Gasteiger charge is -2.11. The van der Waals surface area contributed by atoms with Crippen molar-refractivity contribution in [3.05, 3.63) is 42.0 Å². The first kappa shape index (κ1) is 10.7. The summed E-state index contributed by atoms with van der Waals surface area (Å²) < 4.78 is 12.7. The van der Waals surface area contributed by atoms with Crippen molar-refractivity contribution < 1.29 is 4.39 Å². The maximum absolute atomic E-state index is 12.7. The molecule has 0 amide bonds. The predicted molar refractivity (Wildman–Crippen MR) is 55.8 cm³/mol. The summed E-state index contributed by atoms with van der Waals surface area (Å²) in [5, 5.41) is 9.69. The van der Waals surface area contributed by atoms with Crippen LogP contribution in [0.15, 0.2) is 24.7 Å². The molecule has 0 aliphatic rings. The van der Waals surface area contributed by atoms with Crippen LogP contribution in [0.4, 0.5) is 4.39 Å². The van der Waals surface area contributed by atoms with Gasteiger partial charge in [-0.15, -0.1) is 0 Å². The van der Waals surface area contributed by atoms with Crippen LogP contribution in [0, 0.1) is 5.82 Å². The summed E-state index contributed by atoms with van der Waals surface area (Å²) in [6, 6.07) is 3.09. The van der Waals surface area contributed by atoms with Gasteiger partial charge in [0.25, 0.3) is 0 Å². The van der Waals surface area contributed by atoms with Crippen molar-refractivity contribution in [2.24, 2.45) is 0 Å². The average molecular weight is 221 g/mol. The Morgan fingerprint density at radius 1 is 1.44 bits per heavy atom. The van der Waals surface area contributed by atoms with Crippen LogP contribution in [-0.2, 0) is 6.54 Å². The highest BCUT2D eigenvalue weighted by Gasteiger charge is 2.06. The highest BCUT2D eigenvalue weighted by atomic mass is 19.1. The third kappa shape index (κ3) is 2.60. The molecule has 1 atom stereocenters. The number of H-pyrrole nitrogens is 1. The topological polar surface area (TPSA) is 66.5 Å². The van der Waals surface area contributed by atoms with E-state index in [1.165, 1.54) is 18.6 Å². The van der Waals surface area contributed by atoms with Gasteiger partial charge in [-0.1, -0.05) is 0 Å². The Labute approximate surface area is 92.1 Å². The van der Waals surface area contributed by atoms with Gasteiger partial charge in [-0.05, 0) is 19.1 Å². The van der Waals surface area contributed by atoms with Crippen LogP contribution in [0.3, 0.4) is 0 Å². The smallest absolute Gasteiger partial charge is 0.141 e. The van der Waals surface area contributed by atoms with Gasteiger partial charge in [-0.25, -0.2) is 9.37 Å². The van der Waals surface area contributed by atoms with Gasteiger partial charge in [-0.2, -0.15) is 5.10 Å². The lowest BCUT2D eigenvalue weighted by atomic mass is 10.2. The molecule has 2 N–H and O–H groups in total. The van der Waals surface area contributed by atoms with Crippen LogP contribution in [0.1, 0.15) is 24.5 Å². The van der Waals surface area contributed by atoms with Crippen molar-refractivity contribution in [1.82, 2.24) is 25.5 Å². The van der Waals surface area contributed by atoms with Gasteiger partial charge in [0.2, 0.25) is 0 Å². The molecule has 1 unspecified atom stereocenters. The second-order valence-corrected chi connectivity index (χ2v) is 3.44. The molecule has 84 valence electrons. The molecule has 5 nitrogen and oxygen atoms in total. The summed E-state index contributed by atoms with van der Waals surface area (Å²) in [7, 11) is 0. The quantitative estimate of drug-likeness (QED) is 0.813. The van der Waals surface area contributed by atoms with Gasteiger partial charge in [0, 0.05) is 6.04 Å². The van der Waals surface area contributed by atoms with Gasteiger partial charge < -0.3 is 5.32 Å². The fourth-order valence-electron chi connectivity index (χ4n) is 1.31. The van der Waals surface area contributed by atoms with Crippen LogP contribution in [0.25, 0.3) is 0 Å². The highest BCUT2D eigenvalue weighted by Crippen LogP contribution is 2.09. The second kappa shape index (κ2) is 4.80. The molecule has 6 heteroatoms. The standard InChI is InChI=1S/C10H12FN5/c1-7(9-3-2-8(11)4-13-9)12-5-10-14-6-15-16-10/h2-4,6-7,12H,5H2,1H3,(H,14,15,16). The molecule has 0 radical (unpaired) electrons. The van der Waals surface area contributed by atoms with Crippen molar-refractivity contribution in [1.29, 1.82) is 0 Å². The summed E-state index contributed by atoms with van der Waals surface area (Å²) in [6.07, 6.45) is 2.67. The molecule has 0 spiro atoms. The second-order valence-electron chi connectivity index (χ2n) is 3.44. The third-order valence-electron chi connectivity index (χ3n) is 2.23. The van der Waals surface area contributed by atoms with Gasteiger partial charge in [0.05, 0.1) is 18.4 Å². The summed E-state index contributed by atoms with van der Waals surface area (Å²) >= 11 is 0. The molecule has 0 fully saturated rings. The van der Waals surface area contributed by atoms with Crippen LogP contribution in [-0.4, -0.2) is 20.2 Å². The van der Waals surface area contributed by atoms with E-state index < -0.39 is 0 Å². The van der Waals surface area contributed by atoms with Crippen molar-refractivity contribution >= 4 is 0 Å². The first-order chi connectivity index (χ1) is 7.75. The Balaban J connectivity index is 1.93. The molecular formula is C10H12FN5. The summed E-state index contributed by atoms with van der Waals surface area (Å²) in [5.41, 5.74) is 0.793. The van der Waals surface area contributed by atoms with Crippen LogP contribution < -0.4 is 5.32 Å². The fraction of sp³-hybridized carbons (Fsp3) is 0.300. The number of pyridine rings is 1. The first-order valence-corrected chi connectivity index (χ1v) is 4.95. The molecule has 0 saturated heterocycles. The average Bonchev–Trinajstić information content (AvgIpc) is 2.80. The van der Waals surface area contributed by atoms with E-state index in [4.69, 9.17) is 0 Å². The number of rotatable bonds is 4. The minimum absolute atomic E-state index is 0.0331. The van der Waals surface area contributed by atoms with Gasteiger partial charge in [-0.3, -0.25) is 10.1 Å². The van der Waals surface area contributed by atoms with Crippen molar-refractivity contribution in [3.8, 4) is 0 Å². The Bertz CT molecular complexity index is 425. The number of nitrogens with zero attached hydrogens (tertiary/aromatic N) is 3. The van der Waals surface area contributed by atoms with Crippen molar-refractivity contribution in [2.75, 3.05) is 0 Å². The minimum atomic E-state index is -0.328. The fourth-order valence-corrected chi connectivity index (χ4v) is 1.31. The number of aromatic amines is 1. The maximum Gasteiger partial charge on any atom is 0.141 e. The summed E-state index contributed by atoms with van der Waals surface area (Å²) in [4.78, 5) is 7.98. The van der Waals surface area contributed by atoms with Gasteiger partial charge in [0.1, 0.15) is 18.0 Å². The van der Waals surface area contributed by atoms with Crippen LogP contribution in [0.5, 0.6) is 0 Å². The minimum Gasteiger partial charge on any atom is -0.302 e. The molecule has 0 aliphatic carbocycles. The normalized spacial score (nSPS) is 12.6. The lowest BCUT2D eigenvalue weighted by molar-refractivity contribution is 0.543. The maximum atomic E-state index is 12.7. The van der Waals surface area contributed by atoms with E-state index in [2.05, 4.69) is 25.5 Å². The van der Waals surface area contributed by atoms with E-state index in [0.717, 1.165) is 11.5 Å². The number of nitrogens with one attached hydrogen (secondary N) is 2. The first-order valence-electron chi connectivity index (χ1n) is 4.95. The molecule has 2 aromatic rings. The third-order valence-corrected chi connectivity index (χ3v) is 2.23. The van der Waals surface area contributed by atoms with E-state index in [1.807, 2.05) is 6.92 Å². The van der Waals surface area contributed by atoms with Crippen molar-refractivity contribution in [2.45, 2.75) is 19.5 Å². The summed E-state index contributed by atoms with van der Waals surface area (Å²) in [6.45, 7) is 2.52. The highest BCUT2D eigenvalue weighted by molar-refractivity contribution is 5.09. The molecule has 0 bridgehead atoms. The Morgan fingerprint density at radius 2 is 2.31 bits per heavy atom. The monoisotopic (exact) mass is 221 g/mol. The Kier molecular flexibility index (Phi) is 3.21. The lowest BCUT2D eigenvalue weighted by Crippen LogP contribution is -2.19. The number of aromatic nitrogens is 4. The zero-order valence-electron chi connectivity index (χ0n) is 8.81. The number of hydrogen-bond acceptors (Lipinski definition) is 4. The van der Waals surface area contributed by atoms with E-state index in [1.54, 1.807) is 6.07 Å². The molecule has 0 aliphatic heterocycles. The molecule has 0 saturated carbocycles.